The van der Waals surface area contributed by atoms with Crippen LogP contribution in [-0.2, 0) is 36.9 Å². The maximum Gasteiger partial charge on any atom is 0.252 e. The van der Waals surface area contributed by atoms with Crippen LogP contribution in [0.5, 0.6) is 0 Å². The molecule has 2 aromatic carbocycles. The number of hydrogen-bond donors (Lipinski definition) is 3. The number of halogens is 1. The Balaban J connectivity index is 1.70. The van der Waals surface area contributed by atoms with Gasteiger partial charge in [-0.2, -0.15) is 0 Å². The monoisotopic (exact) mass is 595 g/mol. The van der Waals surface area contributed by atoms with Gasteiger partial charge in [-0.05, 0) is 49.1 Å². The van der Waals surface area contributed by atoms with Crippen molar-refractivity contribution in [1.29, 1.82) is 0 Å². The van der Waals surface area contributed by atoms with Crippen molar-refractivity contribution < 1.29 is 28.3 Å². The summed E-state index contributed by atoms with van der Waals surface area (Å²) >= 11 is 0. The molecule has 0 unspecified atom stereocenters. The molecule has 0 saturated carbocycles. The SMILES string of the molecule is CN[C@@H](C)C(=O)N[C@H](C(=O)NCC(=O)N1C=CN(CCc2ccc(F)cc2)C(=O)[C@@H]1COCc1ccccc1)C(C)(C)C. The number of amides is 4. The third-order valence-corrected chi connectivity index (χ3v) is 7.20. The zero-order chi connectivity index (χ0) is 31.6. The van der Waals surface area contributed by atoms with Gasteiger partial charge in [-0.3, -0.25) is 19.2 Å². The van der Waals surface area contributed by atoms with Crippen LogP contribution < -0.4 is 16.0 Å². The molecule has 0 radical (unpaired) electrons. The summed E-state index contributed by atoms with van der Waals surface area (Å²) in [5, 5.41) is 8.22. The van der Waals surface area contributed by atoms with Crippen molar-refractivity contribution in [2.24, 2.45) is 5.41 Å². The van der Waals surface area contributed by atoms with Crippen molar-refractivity contribution in [2.45, 2.75) is 58.8 Å². The standard InChI is InChI=1S/C32H42FN5O5/c1-22(34-5)29(40)36-28(32(2,3)4)30(41)35-19-27(39)38-18-17-37(16-15-23-11-13-25(33)14-12-23)31(42)26(38)21-43-20-24-9-7-6-8-10-24/h6-14,17-18,22,26,28,34H,15-16,19-21H2,1-5H3,(H,35,41)(H,36,40)/t22-,26-,28+/m0/s1. The van der Waals surface area contributed by atoms with E-state index in [0.717, 1.165) is 11.1 Å². The lowest BCUT2D eigenvalue weighted by molar-refractivity contribution is -0.146. The number of ether oxygens (including phenoxy) is 1. The predicted molar refractivity (Wildman–Crippen MR) is 161 cm³/mol. The van der Waals surface area contributed by atoms with Crippen molar-refractivity contribution in [3.63, 3.8) is 0 Å². The Labute approximate surface area is 252 Å². The number of carbonyl (C=O) groups is 4. The minimum absolute atomic E-state index is 0.0621. The van der Waals surface area contributed by atoms with Crippen molar-refractivity contribution in [1.82, 2.24) is 25.8 Å². The molecular weight excluding hydrogens is 553 g/mol. The molecule has 11 heteroatoms. The number of nitrogens with one attached hydrogen (secondary N) is 3. The van der Waals surface area contributed by atoms with Crippen molar-refractivity contribution in [3.05, 3.63) is 83.9 Å². The average Bonchev–Trinajstić information content (AvgIpc) is 2.98. The minimum Gasteiger partial charge on any atom is -0.374 e. The van der Waals surface area contributed by atoms with E-state index in [1.165, 1.54) is 34.3 Å². The highest BCUT2D eigenvalue weighted by molar-refractivity contribution is 5.94. The molecule has 3 rings (SSSR count). The number of nitrogens with zero attached hydrogens (tertiary/aromatic N) is 2. The minimum atomic E-state index is -0.957. The molecule has 10 nitrogen and oxygen atoms in total. The molecule has 0 aromatic heterocycles. The third-order valence-electron chi connectivity index (χ3n) is 7.20. The summed E-state index contributed by atoms with van der Waals surface area (Å²) in [5.74, 6) is -2.03. The second-order valence-electron chi connectivity index (χ2n) is 11.6. The quantitative estimate of drug-likeness (QED) is 0.327. The number of benzene rings is 2. The molecule has 0 saturated heterocycles. The van der Waals surface area contributed by atoms with Crippen LogP contribution in [0, 0.1) is 11.2 Å². The van der Waals surface area contributed by atoms with Gasteiger partial charge in [0.2, 0.25) is 17.7 Å². The van der Waals surface area contributed by atoms with Crippen LogP contribution in [0.3, 0.4) is 0 Å². The molecule has 3 atom stereocenters. The second kappa shape index (κ2) is 15.4. The molecule has 0 bridgehead atoms. The lowest BCUT2D eigenvalue weighted by Crippen LogP contribution is -2.58. The van der Waals surface area contributed by atoms with Gasteiger partial charge in [0, 0.05) is 18.9 Å². The van der Waals surface area contributed by atoms with Crippen LogP contribution in [0.1, 0.15) is 38.8 Å². The predicted octanol–water partition coefficient (Wildman–Crippen LogP) is 2.35. The highest BCUT2D eigenvalue weighted by Gasteiger charge is 2.37. The molecule has 0 fully saturated rings. The fourth-order valence-corrected chi connectivity index (χ4v) is 4.43. The molecule has 232 valence electrons. The fraction of sp³-hybridized carbons (Fsp3) is 0.438. The van der Waals surface area contributed by atoms with Gasteiger partial charge in [-0.1, -0.05) is 63.2 Å². The summed E-state index contributed by atoms with van der Waals surface area (Å²) in [5.41, 5.74) is 1.16. The van der Waals surface area contributed by atoms with E-state index < -0.39 is 35.4 Å². The Morgan fingerprint density at radius 2 is 1.65 bits per heavy atom. The third kappa shape index (κ3) is 9.72. The van der Waals surface area contributed by atoms with Gasteiger partial charge in [0.05, 0.1) is 25.8 Å². The summed E-state index contributed by atoms with van der Waals surface area (Å²) in [6.07, 6.45) is 3.52. The van der Waals surface area contributed by atoms with Gasteiger partial charge < -0.3 is 30.5 Å². The van der Waals surface area contributed by atoms with Gasteiger partial charge in [0.1, 0.15) is 17.9 Å². The van der Waals surface area contributed by atoms with Gasteiger partial charge in [-0.15, -0.1) is 0 Å². The molecule has 1 heterocycles. The maximum atomic E-state index is 13.5. The molecule has 1 aliphatic heterocycles. The molecule has 4 amide bonds. The van der Waals surface area contributed by atoms with E-state index >= 15 is 0 Å². The Kier molecular flexibility index (Phi) is 12.0. The highest BCUT2D eigenvalue weighted by Crippen LogP contribution is 2.20. The summed E-state index contributed by atoms with van der Waals surface area (Å²) in [7, 11) is 1.65. The smallest absolute Gasteiger partial charge is 0.252 e. The first kappa shape index (κ1) is 33.4. The Hall–Kier alpha value is -4.09. The number of likely N-dealkylation sites (N-methyl/N-ethyl adjacent to an activating group) is 1. The Morgan fingerprint density at radius 1 is 0.977 bits per heavy atom. The number of rotatable bonds is 13. The second-order valence-corrected chi connectivity index (χ2v) is 11.6. The van der Waals surface area contributed by atoms with E-state index in [1.54, 1.807) is 26.1 Å². The lowest BCUT2D eigenvalue weighted by atomic mass is 9.86. The molecule has 0 aliphatic carbocycles. The Morgan fingerprint density at radius 3 is 2.28 bits per heavy atom. The number of hydrogen-bond acceptors (Lipinski definition) is 6. The first-order chi connectivity index (χ1) is 20.4. The van der Waals surface area contributed by atoms with Gasteiger partial charge in [-0.25, -0.2) is 4.39 Å². The zero-order valence-electron chi connectivity index (χ0n) is 25.4. The van der Waals surface area contributed by atoms with Crippen LogP contribution in [-0.4, -0.2) is 78.3 Å². The largest absolute Gasteiger partial charge is 0.374 e. The van der Waals surface area contributed by atoms with Crippen LogP contribution >= 0.6 is 0 Å². The molecule has 3 N–H and O–H groups in total. The zero-order valence-corrected chi connectivity index (χ0v) is 25.4. The molecule has 2 aromatic rings. The maximum absolute atomic E-state index is 13.5. The summed E-state index contributed by atoms with van der Waals surface area (Å²) in [6, 6.07) is 13.2. The summed E-state index contributed by atoms with van der Waals surface area (Å²) < 4.78 is 19.2. The van der Waals surface area contributed by atoms with Gasteiger partial charge >= 0.3 is 0 Å². The van der Waals surface area contributed by atoms with E-state index in [0.29, 0.717) is 13.0 Å². The lowest BCUT2D eigenvalue weighted by Gasteiger charge is -2.36. The normalized spacial score (nSPS) is 16.5. The van der Waals surface area contributed by atoms with Gasteiger partial charge in [0.25, 0.3) is 5.91 Å². The van der Waals surface area contributed by atoms with E-state index in [-0.39, 0.29) is 37.4 Å². The van der Waals surface area contributed by atoms with Crippen LogP contribution in [0.15, 0.2) is 67.0 Å². The highest BCUT2D eigenvalue weighted by atomic mass is 19.1. The van der Waals surface area contributed by atoms with E-state index in [9.17, 15) is 23.6 Å². The first-order valence-electron chi connectivity index (χ1n) is 14.3. The topological polar surface area (TPSA) is 120 Å². The van der Waals surface area contributed by atoms with Crippen molar-refractivity contribution >= 4 is 23.6 Å². The van der Waals surface area contributed by atoms with Gasteiger partial charge in [0.15, 0.2) is 0 Å². The van der Waals surface area contributed by atoms with Crippen molar-refractivity contribution in [2.75, 3.05) is 26.7 Å². The van der Waals surface area contributed by atoms with Crippen LogP contribution in [0.4, 0.5) is 4.39 Å². The Bertz CT molecular complexity index is 1280. The van der Waals surface area contributed by atoms with E-state index in [1.807, 2.05) is 51.1 Å². The molecule has 43 heavy (non-hydrogen) atoms. The van der Waals surface area contributed by atoms with Crippen LogP contribution in [0.25, 0.3) is 0 Å². The van der Waals surface area contributed by atoms with Crippen LogP contribution in [0.2, 0.25) is 0 Å². The molecule has 0 spiro atoms. The van der Waals surface area contributed by atoms with E-state index in [2.05, 4.69) is 16.0 Å². The van der Waals surface area contributed by atoms with E-state index in [4.69, 9.17) is 4.74 Å². The molecular formula is C32H42FN5O5. The number of carbonyl (C=O) groups excluding carboxylic acids is 4. The summed E-state index contributed by atoms with van der Waals surface area (Å²) in [4.78, 5) is 55.3. The molecule has 1 aliphatic rings. The van der Waals surface area contributed by atoms with Crippen molar-refractivity contribution in [3.8, 4) is 0 Å². The summed E-state index contributed by atoms with van der Waals surface area (Å²) in [6.45, 7) is 7.26. The fourth-order valence-electron chi connectivity index (χ4n) is 4.43. The first-order valence-corrected chi connectivity index (χ1v) is 14.3. The average molecular weight is 596 g/mol.